The minimum Gasteiger partial charge on any atom is -0.490 e. The van der Waals surface area contributed by atoms with Crippen molar-refractivity contribution in [2.75, 3.05) is 44.2 Å². The van der Waals surface area contributed by atoms with Crippen molar-refractivity contribution in [3.05, 3.63) is 58.1 Å². The monoisotopic (exact) mass is 699 g/mol. The first-order valence-electron chi connectivity index (χ1n) is 17.9. The average Bonchev–Trinajstić information content (AvgIpc) is 3.36. The van der Waals surface area contributed by atoms with Crippen LogP contribution in [0.1, 0.15) is 86.7 Å². The number of aliphatic hydroxyl groups is 2. The SMILES string of the molecule is C[C@@H]1[C@@H](C)CCC[C@@](O)(CN2CC[C@H](O)C2)[C@@H]2CC[C@H]2CN2C[C@@]3(CCCc4cc(Cl)ccc43)COc3ccc(cc32)C(=O)NS1(=O)=O. The van der Waals surface area contributed by atoms with E-state index in [1.807, 2.05) is 13.0 Å². The number of fused-ring (bicyclic) bond motifs is 4. The van der Waals surface area contributed by atoms with Gasteiger partial charge in [-0.1, -0.05) is 31.0 Å². The summed E-state index contributed by atoms with van der Waals surface area (Å²) in [6.45, 7) is 7.24. The minimum absolute atomic E-state index is 0.0621. The van der Waals surface area contributed by atoms with Crippen molar-refractivity contribution in [1.82, 2.24) is 9.62 Å². The molecule has 3 heterocycles. The summed E-state index contributed by atoms with van der Waals surface area (Å²) in [5.41, 5.74) is 2.30. The zero-order valence-corrected chi connectivity index (χ0v) is 29.7. The maximum atomic E-state index is 13.5. The van der Waals surface area contributed by atoms with Gasteiger partial charge in [-0.15, -0.1) is 0 Å². The number of hydrogen-bond donors (Lipinski definition) is 3. The molecule has 5 aliphatic rings. The fourth-order valence-corrected chi connectivity index (χ4v) is 10.8. The predicted molar refractivity (Wildman–Crippen MR) is 187 cm³/mol. The van der Waals surface area contributed by atoms with Crippen LogP contribution >= 0.6 is 11.6 Å². The molecule has 0 aromatic heterocycles. The fourth-order valence-electron chi connectivity index (χ4n) is 9.31. The molecule has 3 N–H and O–H groups in total. The number of sulfonamides is 1. The quantitative estimate of drug-likeness (QED) is 0.405. The molecule has 1 saturated heterocycles. The lowest BCUT2D eigenvalue weighted by molar-refractivity contribution is -0.104. The topological polar surface area (TPSA) is 119 Å². The first-order chi connectivity index (χ1) is 22.9. The Balaban J connectivity index is 1.29. The Labute approximate surface area is 290 Å². The molecule has 9 nitrogen and oxygen atoms in total. The van der Waals surface area contributed by atoms with E-state index in [9.17, 15) is 23.4 Å². The molecule has 2 aromatic carbocycles. The van der Waals surface area contributed by atoms with Gasteiger partial charge >= 0.3 is 0 Å². The van der Waals surface area contributed by atoms with Crippen molar-refractivity contribution in [3.8, 4) is 5.75 Å². The van der Waals surface area contributed by atoms with Crippen LogP contribution < -0.4 is 14.4 Å². The molecule has 3 aliphatic heterocycles. The highest BCUT2D eigenvalue weighted by molar-refractivity contribution is 7.90. The van der Waals surface area contributed by atoms with E-state index in [2.05, 4.69) is 26.7 Å². The number of likely N-dealkylation sites (tertiary alicyclic amines) is 1. The van der Waals surface area contributed by atoms with E-state index in [0.717, 1.165) is 49.4 Å². The van der Waals surface area contributed by atoms with E-state index >= 15 is 0 Å². The number of hydrogen-bond acceptors (Lipinski definition) is 8. The van der Waals surface area contributed by atoms with Crippen molar-refractivity contribution >= 4 is 33.2 Å². The van der Waals surface area contributed by atoms with Gasteiger partial charge in [0, 0.05) is 48.7 Å². The summed E-state index contributed by atoms with van der Waals surface area (Å²) in [7, 11) is -3.95. The molecule has 2 aromatic rings. The standard InChI is InChI=1S/C37H50ClN3O6S/c1-24-5-3-15-37(44,22-40-16-13-30(42)20-40)32-10-7-28(32)19-41-21-36(14-4-6-26-17-29(38)9-11-31(26)36)23-47-34-12-8-27(18-33(34)41)35(43)39-48(45,46)25(24)2/h8-9,11-12,17-18,24-25,28,30,32,42,44H,3-7,10,13-16,19-23H2,1-2H3,(H,39,43)/t24-,25+,28-,30-,32+,36-,37+/m0/s1. The van der Waals surface area contributed by atoms with Crippen molar-refractivity contribution in [2.45, 2.75) is 94.0 Å². The molecule has 11 heteroatoms. The minimum atomic E-state index is -3.95. The normalized spacial score (nSPS) is 35.5. The van der Waals surface area contributed by atoms with Crippen molar-refractivity contribution in [1.29, 1.82) is 0 Å². The zero-order valence-electron chi connectivity index (χ0n) is 28.2. The van der Waals surface area contributed by atoms with Gasteiger partial charge in [0.1, 0.15) is 5.75 Å². The molecule has 48 heavy (non-hydrogen) atoms. The smallest absolute Gasteiger partial charge is 0.264 e. The number of amides is 1. The number of anilines is 1. The average molecular weight is 700 g/mol. The number of carbonyl (C=O) groups excluding carboxylic acids is 1. The molecule has 1 saturated carbocycles. The molecule has 7 atom stereocenters. The first kappa shape index (κ1) is 34.1. The van der Waals surface area contributed by atoms with E-state index in [4.69, 9.17) is 16.3 Å². The lowest BCUT2D eigenvalue weighted by atomic mass is 9.62. The van der Waals surface area contributed by atoms with E-state index in [1.165, 1.54) is 11.1 Å². The summed E-state index contributed by atoms with van der Waals surface area (Å²) >= 11 is 6.45. The second-order valence-corrected chi connectivity index (χ2v) is 18.0. The fraction of sp³-hybridized carbons (Fsp3) is 0.649. The maximum Gasteiger partial charge on any atom is 0.264 e. The molecule has 1 amide bonds. The number of rotatable bonds is 2. The molecule has 7 rings (SSSR count). The van der Waals surface area contributed by atoms with Gasteiger partial charge in [-0.2, -0.15) is 0 Å². The van der Waals surface area contributed by atoms with E-state index in [1.54, 1.807) is 25.1 Å². The predicted octanol–water partition coefficient (Wildman–Crippen LogP) is 4.91. The van der Waals surface area contributed by atoms with Crippen LogP contribution in [0, 0.1) is 17.8 Å². The lowest BCUT2D eigenvalue weighted by Crippen LogP contribution is -2.56. The number of ether oxygens (including phenoxy) is 1. The third kappa shape index (κ3) is 6.48. The van der Waals surface area contributed by atoms with E-state index < -0.39 is 26.8 Å². The molecular weight excluding hydrogens is 650 g/mol. The molecule has 0 radical (unpaired) electrons. The van der Waals surface area contributed by atoms with Crippen LogP contribution in [0.4, 0.5) is 5.69 Å². The number of aryl methyl sites for hydroxylation is 1. The zero-order chi connectivity index (χ0) is 33.8. The van der Waals surface area contributed by atoms with Crippen LogP contribution in [-0.2, 0) is 21.9 Å². The van der Waals surface area contributed by atoms with E-state index in [0.29, 0.717) is 64.2 Å². The van der Waals surface area contributed by atoms with Crippen LogP contribution in [0.15, 0.2) is 36.4 Å². The van der Waals surface area contributed by atoms with Crippen molar-refractivity contribution in [3.63, 3.8) is 0 Å². The Hall–Kier alpha value is -2.37. The molecular formula is C37H50ClN3O6S. The number of carbonyl (C=O) groups is 1. The third-order valence-corrected chi connectivity index (χ3v) is 14.6. The van der Waals surface area contributed by atoms with Gasteiger partial charge in [-0.25, -0.2) is 13.1 Å². The largest absolute Gasteiger partial charge is 0.490 e. The second kappa shape index (κ2) is 13.1. The van der Waals surface area contributed by atoms with Crippen LogP contribution in [0.2, 0.25) is 5.02 Å². The van der Waals surface area contributed by atoms with E-state index in [-0.39, 0.29) is 34.8 Å². The molecule has 262 valence electrons. The Morgan fingerprint density at radius 3 is 2.62 bits per heavy atom. The number of β-amino-alcohol motifs (C(OH)–C–C–N with tert-alkyl or cyclic N) is 2. The Kier molecular flexibility index (Phi) is 9.28. The van der Waals surface area contributed by atoms with Gasteiger partial charge in [-0.3, -0.25) is 9.69 Å². The summed E-state index contributed by atoms with van der Waals surface area (Å²) in [6, 6.07) is 11.4. The summed E-state index contributed by atoms with van der Waals surface area (Å²) in [6.07, 6.45) is 7.03. The van der Waals surface area contributed by atoms with Gasteiger partial charge in [0.2, 0.25) is 10.0 Å². The Bertz CT molecular complexity index is 1660. The number of nitrogens with zero attached hydrogens (tertiary/aromatic N) is 2. The van der Waals surface area contributed by atoms with Gasteiger partial charge in [-0.05, 0) is 118 Å². The Morgan fingerprint density at radius 1 is 1.04 bits per heavy atom. The van der Waals surface area contributed by atoms with Gasteiger partial charge < -0.3 is 19.8 Å². The molecule has 0 unspecified atom stereocenters. The van der Waals surface area contributed by atoms with Crippen LogP contribution in [0.3, 0.4) is 0 Å². The maximum absolute atomic E-state index is 13.5. The molecule has 1 spiro atoms. The first-order valence-corrected chi connectivity index (χ1v) is 19.8. The summed E-state index contributed by atoms with van der Waals surface area (Å²) in [5, 5.41) is 22.8. The van der Waals surface area contributed by atoms with Crippen LogP contribution in [-0.4, -0.2) is 85.7 Å². The van der Waals surface area contributed by atoms with Gasteiger partial charge in [0.15, 0.2) is 0 Å². The molecule has 2 aliphatic carbocycles. The highest BCUT2D eigenvalue weighted by Crippen LogP contribution is 2.49. The van der Waals surface area contributed by atoms with Crippen LogP contribution in [0.5, 0.6) is 5.75 Å². The summed E-state index contributed by atoms with van der Waals surface area (Å²) in [4.78, 5) is 18.1. The lowest BCUT2D eigenvalue weighted by Gasteiger charge is -2.51. The molecule has 2 bridgehead atoms. The second-order valence-electron chi connectivity index (χ2n) is 15.6. The number of benzene rings is 2. The third-order valence-electron chi connectivity index (χ3n) is 12.4. The van der Waals surface area contributed by atoms with Crippen molar-refractivity contribution in [2.24, 2.45) is 17.8 Å². The highest BCUT2D eigenvalue weighted by atomic mass is 35.5. The van der Waals surface area contributed by atoms with Crippen LogP contribution in [0.25, 0.3) is 0 Å². The summed E-state index contributed by atoms with van der Waals surface area (Å²) in [5.74, 6) is 0.114. The molecule has 2 fully saturated rings. The Morgan fingerprint density at radius 2 is 1.88 bits per heavy atom. The van der Waals surface area contributed by atoms with Gasteiger partial charge in [0.25, 0.3) is 5.91 Å². The van der Waals surface area contributed by atoms with Crippen molar-refractivity contribution < 1.29 is 28.2 Å². The number of aliphatic hydroxyl groups excluding tert-OH is 1. The number of halogens is 1. The van der Waals surface area contributed by atoms with Gasteiger partial charge in [0.05, 0.1) is 29.2 Å². The summed E-state index contributed by atoms with van der Waals surface area (Å²) < 4.78 is 35.9. The number of nitrogens with one attached hydrogen (secondary N) is 1. The highest BCUT2D eigenvalue weighted by Gasteiger charge is 2.50.